The van der Waals surface area contributed by atoms with Crippen molar-refractivity contribution in [2.45, 2.75) is 0 Å². The van der Waals surface area contributed by atoms with Gasteiger partial charge in [-0.05, 0) is 30.3 Å². The van der Waals surface area contributed by atoms with Crippen LogP contribution in [0.25, 0.3) is 11.3 Å². The Bertz CT molecular complexity index is 407. The topological polar surface area (TPSA) is 62.0 Å². The van der Waals surface area contributed by atoms with Crippen molar-refractivity contribution in [1.82, 2.24) is 4.98 Å². The molecule has 0 saturated heterocycles. The van der Waals surface area contributed by atoms with Gasteiger partial charge in [-0.15, -0.1) is 0 Å². The van der Waals surface area contributed by atoms with Crippen molar-refractivity contribution in [3.8, 4) is 17.0 Å². The van der Waals surface area contributed by atoms with Crippen molar-refractivity contribution in [3.63, 3.8) is 0 Å². The highest BCUT2D eigenvalue weighted by atomic mass is 16.3. The maximum atomic E-state index is 9.53. The summed E-state index contributed by atoms with van der Waals surface area (Å²) in [4.78, 5) is 3.01. The molecule has 0 amide bonds. The molecule has 3 nitrogen and oxygen atoms in total. The molecule has 0 aliphatic heterocycles. The molecule has 0 fully saturated rings. The molecule has 0 aliphatic rings. The summed E-state index contributed by atoms with van der Waals surface area (Å²) in [7, 11) is 0. The smallest absolute Gasteiger partial charge is 0.125 e. The first kappa shape index (κ1) is 7.73. The zero-order valence-electron chi connectivity index (χ0n) is 6.99. The van der Waals surface area contributed by atoms with Crippen molar-refractivity contribution in [2.75, 3.05) is 5.73 Å². The third-order valence-electron chi connectivity index (χ3n) is 1.91. The Balaban J connectivity index is 2.57. The number of anilines is 1. The van der Waals surface area contributed by atoms with E-state index in [1.807, 2.05) is 12.1 Å². The second-order valence-corrected chi connectivity index (χ2v) is 2.86. The number of aromatic amines is 1. The number of hydrogen-bond donors (Lipinski definition) is 3. The maximum Gasteiger partial charge on any atom is 0.125 e. The average molecular weight is 174 g/mol. The van der Waals surface area contributed by atoms with Crippen molar-refractivity contribution in [2.24, 2.45) is 0 Å². The largest absolute Gasteiger partial charge is 0.507 e. The van der Waals surface area contributed by atoms with Crippen LogP contribution in [0.4, 0.5) is 5.69 Å². The number of nitrogens with one attached hydrogen (secondary N) is 1. The second kappa shape index (κ2) is 2.86. The van der Waals surface area contributed by atoms with Crippen molar-refractivity contribution >= 4 is 5.69 Å². The first-order valence-electron chi connectivity index (χ1n) is 3.99. The quantitative estimate of drug-likeness (QED) is 0.457. The van der Waals surface area contributed by atoms with Gasteiger partial charge in [-0.25, -0.2) is 0 Å². The lowest BCUT2D eigenvalue weighted by Gasteiger charge is -2.02. The molecule has 0 spiro atoms. The summed E-state index contributed by atoms with van der Waals surface area (Å²) in [5.41, 5.74) is 7.84. The van der Waals surface area contributed by atoms with Crippen LogP contribution in [0.1, 0.15) is 0 Å². The molecule has 0 saturated carbocycles. The molecule has 0 aliphatic carbocycles. The highest BCUT2D eigenvalue weighted by Gasteiger charge is 2.04. The van der Waals surface area contributed by atoms with Gasteiger partial charge in [-0.2, -0.15) is 0 Å². The van der Waals surface area contributed by atoms with Crippen molar-refractivity contribution < 1.29 is 5.11 Å². The highest BCUT2D eigenvalue weighted by molar-refractivity contribution is 5.70. The van der Waals surface area contributed by atoms with E-state index in [0.717, 1.165) is 11.3 Å². The Labute approximate surface area is 75.8 Å². The SMILES string of the molecule is Nc1ccc(O)c(-c2ccc[nH]2)c1. The van der Waals surface area contributed by atoms with Crippen LogP contribution < -0.4 is 5.73 Å². The van der Waals surface area contributed by atoms with Crippen LogP contribution in [-0.4, -0.2) is 10.1 Å². The molecule has 2 rings (SSSR count). The number of rotatable bonds is 1. The van der Waals surface area contributed by atoms with Crippen LogP contribution in [-0.2, 0) is 0 Å². The average Bonchev–Trinajstić information content (AvgIpc) is 2.61. The molecule has 1 aromatic carbocycles. The van der Waals surface area contributed by atoms with Gasteiger partial charge in [0.1, 0.15) is 5.75 Å². The summed E-state index contributed by atoms with van der Waals surface area (Å²) in [6, 6.07) is 8.75. The molecule has 1 aromatic heterocycles. The number of aromatic hydroxyl groups is 1. The van der Waals surface area contributed by atoms with Crippen LogP contribution in [0.2, 0.25) is 0 Å². The number of nitrogen functional groups attached to an aromatic ring is 1. The number of hydrogen-bond acceptors (Lipinski definition) is 2. The van der Waals surface area contributed by atoms with Gasteiger partial charge >= 0.3 is 0 Å². The summed E-state index contributed by atoms with van der Waals surface area (Å²) in [5, 5.41) is 9.53. The number of H-pyrrole nitrogens is 1. The summed E-state index contributed by atoms with van der Waals surface area (Å²) in [5.74, 6) is 0.233. The molecule has 3 heteroatoms. The van der Waals surface area contributed by atoms with Gasteiger partial charge in [0.2, 0.25) is 0 Å². The molecule has 66 valence electrons. The minimum absolute atomic E-state index is 0.233. The van der Waals surface area contributed by atoms with E-state index in [9.17, 15) is 5.11 Å². The lowest BCUT2D eigenvalue weighted by molar-refractivity contribution is 0.477. The lowest BCUT2D eigenvalue weighted by atomic mass is 10.1. The summed E-state index contributed by atoms with van der Waals surface area (Å²) in [6.07, 6.45) is 1.80. The van der Waals surface area contributed by atoms with Gasteiger partial charge in [-0.3, -0.25) is 0 Å². The molecular weight excluding hydrogens is 164 g/mol. The van der Waals surface area contributed by atoms with Crippen molar-refractivity contribution in [1.29, 1.82) is 0 Å². The van der Waals surface area contributed by atoms with Crippen LogP contribution in [0.3, 0.4) is 0 Å². The normalized spacial score (nSPS) is 10.2. The minimum atomic E-state index is 0.233. The van der Waals surface area contributed by atoms with Crippen LogP contribution >= 0.6 is 0 Å². The summed E-state index contributed by atoms with van der Waals surface area (Å²) >= 11 is 0. The Kier molecular flexibility index (Phi) is 1.70. The van der Waals surface area contributed by atoms with Crippen LogP contribution in [0.5, 0.6) is 5.75 Å². The first-order chi connectivity index (χ1) is 6.27. The Morgan fingerprint density at radius 3 is 2.77 bits per heavy atom. The fourth-order valence-electron chi connectivity index (χ4n) is 1.27. The van der Waals surface area contributed by atoms with E-state index < -0.39 is 0 Å². The van der Waals surface area contributed by atoms with Crippen LogP contribution in [0.15, 0.2) is 36.5 Å². The predicted octanol–water partition coefficient (Wildman–Crippen LogP) is 1.97. The molecule has 0 atom stereocenters. The van der Waals surface area contributed by atoms with Crippen molar-refractivity contribution in [3.05, 3.63) is 36.5 Å². The monoisotopic (exact) mass is 174 g/mol. The predicted molar refractivity (Wildman–Crippen MR) is 52.3 cm³/mol. The molecule has 0 unspecified atom stereocenters. The van der Waals surface area contributed by atoms with Gasteiger partial charge in [0, 0.05) is 23.1 Å². The minimum Gasteiger partial charge on any atom is -0.507 e. The fraction of sp³-hybridized carbons (Fsp3) is 0. The third kappa shape index (κ3) is 1.36. The van der Waals surface area contributed by atoms with Gasteiger partial charge in [0.15, 0.2) is 0 Å². The molecule has 4 N–H and O–H groups in total. The standard InChI is InChI=1S/C10H10N2O/c11-7-3-4-10(13)8(6-7)9-2-1-5-12-9/h1-6,12-13H,11H2. The summed E-state index contributed by atoms with van der Waals surface area (Å²) in [6.45, 7) is 0. The number of phenolic OH excluding ortho intramolecular Hbond substituents is 1. The van der Waals surface area contributed by atoms with E-state index in [1.165, 1.54) is 0 Å². The summed E-state index contributed by atoms with van der Waals surface area (Å²) < 4.78 is 0. The molecular formula is C10H10N2O. The zero-order valence-corrected chi connectivity index (χ0v) is 6.99. The van der Waals surface area contributed by atoms with E-state index in [-0.39, 0.29) is 5.75 Å². The Hall–Kier alpha value is -1.90. The number of benzene rings is 1. The molecule has 0 radical (unpaired) electrons. The van der Waals surface area contributed by atoms with Gasteiger partial charge < -0.3 is 15.8 Å². The van der Waals surface area contributed by atoms with E-state index in [2.05, 4.69) is 4.98 Å². The van der Waals surface area contributed by atoms with Gasteiger partial charge in [0.05, 0.1) is 0 Å². The van der Waals surface area contributed by atoms with Crippen LogP contribution in [0, 0.1) is 0 Å². The lowest BCUT2D eigenvalue weighted by Crippen LogP contribution is -1.86. The van der Waals surface area contributed by atoms with E-state index in [1.54, 1.807) is 24.4 Å². The number of nitrogens with two attached hydrogens (primary N) is 1. The first-order valence-corrected chi connectivity index (χ1v) is 3.99. The Morgan fingerprint density at radius 2 is 2.08 bits per heavy atom. The third-order valence-corrected chi connectivity index (χ3v) is 1.91. The second-order valence-electron chi connectivity index (χ2n) is 2.86. The van der Waals surface area contributed by atoms with Gasteiger partial charge in [0.25, 0.3) is 0 Å². The fourth-order valence-corrected chi connectivity index (χ4v) is 1.27. The molecule has 13 heavy (non-hydrogen) atoms. The van der Waals surface area contributed by atoms with Gasteiger partial charge in [-0.1, -0.05) is 0 Å². The molecule has 2 aromatic rings. The number of phenols is 1. The molecule has 0 bridgehead atoms. The van der Waals surface area contributed by atoms with E-state index >= 15 is 0 Å². The highest BCUT2D eigenvalue weighted by Crippen LogP contribution is 2.29. The molecule has 1 heterocycles. The van der Waals surface area contributed by atoms with E-state index in [0.29, 0.717) is 5.69 Å². The van der Waals surface area contributed by atoms with E-state index in [4.69, 9.17) is 5.73 Å². The number of aromatic nitrogens is 1. The zero-order chi connectivity index (χ0) is 9.26. The Morgan fingerprint density at radius 1 is 1.23 bits per heavy atom. The maximum absolute atomic E-state index is 9.53.